The van der Waals surface area contributed by atoms with E-state index in [0.717, 1.165) is 37.2 Å². The average Bonchev–Trinajstić information content (AvgIpc) is 2.41. The third-order valence-electron chi connectivity index (χ3n) is 3.97. The Hall–Kier alpha value is -0.0700. The normalized spacial score (nSPS) is 16.9. The van der Waals surface area contributed by atoms with Crippen LogP contribution in [-0.2, 0) is 0 Å². The highest BCUT2D eigenvalue weighted by Crippen LogP contribution is 2.44. The predicted molar refractivity (Wildman–Crippen MR) is 95.0 cm³/mol. The van der Waals surface area contributed by atoms with Crippen molar-refractivity contribution in [3.63, 3.8) is 0 Å². The maximum atomic E-state index is 6.28. The van der Waals surface area contributed by atoms with Crippen molar-refractivity contribution in [2.75, 3.05) is 11.9 Å². The van der Waals surface area contributed by atoms with E-state index >= 15 is 0 Å². The quantitative estimate of drug-likeness (QED) is 0.442. The highest BCUT2D eigenvalue weighted by Gasteiger charge is 2.37. The second kappa shape index (κ2) is 5.97. The number of fused-ring (bicyclic) bond motifs is 1. The minimum atomic E-state index is 0.295. The maximum Gasteiger partial charge on any atom is 0.158 e. The fourth-order valence-electron chi connectivity index (χ4n) is 2.50. The third kappa shape index (κ3) is 2.66. The molecule has 1 aliphatic rings. The molecule has 1 heterocycles. The van der Waals surface area contributed by atoms with Gasteiger partial charge in [0, 0.05) is 22.3 Å². The molecule has 3 rings (SSSR count). The summed E-state index contributed by atoms with van der Waals surface area (Å²) in [6.45, 7) is 0.738. The summed E-state index contributed by atoms with van der Waals surface area (Å²) in [6, 6.07) is 5.83. The number of benzene rings is 1. The summed E-state index contributed by atoms with van der Waals surface area (Å²) in [5, 5.41) is 2.67. The standard InChI is InChI=1S/C15H14BrClINO/c16-8-15(4-2-5-15)9-20-14-12(18)7-11(17)10-3-1-6-19-13(10)14/h1,3,6-7H,2,4-5,8-9H2. The van der Waals surface area contributed by atoms with E-state index < -0.39 is 0 Å². The van der Waals surface area contributed by atoms with Crippen LogP contribution in [0.2, 0.25) is 5.02 Å². The van der Waals surface area contributed by atoms with Gasteiger partial charge in [-0.25, -0.2) is 0 Å². The molecular weight excluding hydrogens is 452 g/mol. The van der Waals surface area contributed by atoms with Crippen molar-refractivity contribution in [1.29, 1.82) is 0 Å². The van der Waals surface area contributed by atoms with E-state index in [0.29, 0.717) is 5.41 Å². The zero-order chi connectivity index (χ0) is 14.2. The molecule has 1 saturated carbocycles. The lowest BCUT2D eigenvalue weighted by Gasteiger charge is -2.40. The van der Waals surface area contributed by atoms with Crippen LogP contribution in [0.1, 0.15) is 19.3 Å². The topological polar surface area (TPSA) is 22.1 Å². The molecule has 1 aromatic carbocycles. The first kappa shape index (κ1) is 14.9. The van der Waals surface area contributed by atoms with E-state index in [4.69, 9.17) is 16.3 Å². The number of pyridine rings is 1. The van der Waals surface area contributed by atoms with Crippen molar-refractivity contribution in [2.24, 2.45) is 5.41 Å². The van der Waals surface area contributed by atoms with Gasteiger partial charge in [-0.2, -0.15) is 0 Å². The Balaban J connectivity index is 1.95. The highest BCUT2D eigenvalue weighted by atomic mass is 127. The molecule has 0 unspecified atom stereocenters. The maximum absolute atomic E-state index is 6.28. The van der Waals surface area contributed by atoms with Crippen molar-refractivity contribution in [3.8, 4) is 5.75 Å². The van der Waals surface area contributed by atoms with Crippen molar-refractivity contribution < 1.29 is 4.74 Å². The van der Waals surface area contributed by atoms with Gasteiger partial charge in [-0.05, 0) is 53.6 Å². The van der Waals surface area contributed by atoms with Crippen molar-refractivity contribution in [1.82, 2.24) is 4.98 Å². The van der Waals surface area contributed by atoms with Crippen LogP contribution >= 0.6 is 50.1 Å². The summed E-state index contributed by atoms with van der Waals surface area (Å²) in [4.78, 5) is 4.45. The molecule has 0 N–H and O–H groups in total. The number of ether oxygens (including phenoxy) is 1. The van der Waals surface area contributed by atoms with Gasteiger partial charge in [-0.15, -0.1) is 0 Å². The van der Waals surface area contributed by atoms with Crippen LogP contribution in [0.4, 0.5) is 0 Å². The minimum Gasteiger partial charge on any atom is -0.490 e. The van der Waals surface area contributed by atoms with Gasteiger partial charge in [-0.3, -0.25) is 4.98 Å². The number of hydrogen-bond acceptors (Lipinski definition) is 2. The first-order valence-electron chi connectivity index (χ1n) is 6.57. The predicted octanol–water partition coefficient (Wildman–Crippen LogP) is 5.44. The van der Waals surface area contributed by atoms with Gasteiger partial charge in [0.2, 0.25) is 0 Å². The number of aromatic nitrogens is 1. The fourth-order valence-corrected chi connectivity index (χ4v) is 4.39. The third-order valence-corrected chi connectivity index (χ3v) is 6.27. The smallest absolute Gasteiger partial charge is 0.158 e. The van der Waals surface area contributed by atoms with Gasteiger partial charge in [0.25, 0.3) is 0 Å². The minimum absolute atomic E-state index is 0.295. The average molecular weight is 467 g/mol. The van der Waals surface area contributed by atoms with E-state index in [1.54, 1.807) is 6.20 Å². The Morgan fingerprint density at radius 1 is 1.45 bits per heavy atom. The molecule has 0 amide bonds. The molecule has 0 aliphatic heterocycles. The molecular formula is C15H14BrClINO. The summed E-state index contributed by atoms with van der Waals surface area (Å²) < 4.78 is 7.16. The molecule has 0 saturated heterocycles. The first-order valence-corrected chi connectivity index (χ1v) is 9.14. The van der Waals surface area contributed by atoms with Crippen molar-refractivity contribution in [2.45, 2.75) is 19.3 Å². The van der Waals surface area contributed by atoms with Gasteiger partial charge < -0.3 is 4.74 Å². The Morgan fingerprint density at radius 2 is 2.25 bits per heavy atom. The molecule has 1 aliphatic carbocycles. The van der Waals surface area contributed by atoms with Gasteiger partial charge in [0.05, 0.1) is 15.2 Å². The Bertz CT molecular complexity index is 640. The van der Waals surface area contributed by atoms with Crippen molar-refractivity contribution >= 4 is 61.0 Å². The second-order valence-electron chi connectivity index (χ2n) is 5.34. The van der Waals surface area contributed by atoms with Gasteiger partial charge in [-0.1, -0.05) is 34.0 Å². The van der Waals surface area contributed by atoms with Crippen LogP contribution in [0.15, 0.2) is 24.4 Å². The summed E-state index contributed by atoms with van der Waals surface area (Å²) in [5.41, 5.74) is 1.15. The molecule has 2 nitrogen and oxygen atoms in total. The molecule has 0 spiro atoms. The van der Waals surface area contributed by atoms with Gasteiger partial charge >= 0.3 is 0 Å². The molecule has 2 aromatic rings. The SMILES string of the molecule is Clc1cc(I)c(OCC2(CBr)CCC2)c2ncccc12. The largest absolute Gasteiger partial charge is 0.490 e. The number of halogens is 3. The number of rotatable bonds is 4. The van der Waals surface area contributed by atoms with E-state index in [-0.39, 0.29) is 0 Å². The summed E-state index contributed by atoms with van der Waals surface area (Å²) in [7, 11) is 0. The lowest BCUT2D eigenvalue weighted by atomic mass is 9.71. The molecule has 0 atom stereocenters. The van der Waals surface area contributed by atoms with E-state index in [2.05, 4.69) is 43.5 Å². The van der Waals surface area contributed by atoms with Crippen LogP contribution in [0.5, 0.6) is 5.75 Å². The number of alkyl halides is 1. The van der Waals surface area contributed by atoms with Crippen LogP contribution in [-0.4, -0.2) is 16.9 Å². The molecule has 1 fully saturated rings. The zero-order valence-corrected chi connectivity index (χ0v) is 15.3. The number of hydrogen-bond donors (Lipinski definition) is 0. The Kier molecular flexibility index (Phi) is 4.43. The van der Waals surface area contributed by atoms with Crippen LogP contribution in [0, 0.1) is 8.99 Å². The van der Waals surface area contributed by atoms with E-state index in [1.807, 2.05) is 18.2 Å². The highest BCUT2D eigenvalue weighted by molar-refractivity contribution is 14.1. The lowest BCUT2D eigenvalue weighted by molar-refractivity contribution is 0.0841. The molecule has 5 heteroatoms. The Morgan fingerprint density at radius 3 is 2.90 bits per heavy atom. The van der Waals surface area contributed by atoms with Crippen LogP contribution in [0.25, 0.3) is 10.9 Å². The van der Waals surface area contributed by atoms with E-state index in [1.165, 1.54) is 19.3 Å². The fraction of sp³-hybridized carbons (Fsp3) is 0.400. The monoisotopic (exact) mass is 465 g/mol. The van der Waals surface area contributed by atoms with E-state index in [9.17, 15) is 0 Å². The van der Waals surface area contributed by atoms with Gasteiger partial charge in [0.15, 0.2) is 5.75 Å². The second-order valence-corrected chi connectivity index (χ2v) is 7.47. The number of nitrogens with zero attached hydrogens (tertiary/aromatic N) is 1. The summed E-state index contributed by atoms with van der Waals surface area (Å²) in [6.07, 6.45) is 5.54. The summed E-state index contributed by atoms with van der Waals surface area (Å²) >= 11 is 12.2. The van der Waals surface area contributed by atoms with Crippen molar-refractivity contribution in [3.05, 3.63) is 33.0 Å². The summed E-state index contributed by atoms with van der Waals surface area (Å²) in [5.74, 6) is 0.859. The van der Waals surface area contributed by atoms with Crippen LogP contribution < -0.4 is 4.74 Å². The first-order chi connectivity index (χ1) is 9.65. The molecule has 106 valence electrons. The van der Waals surface area contributed by atoms with Gasteiger partial charge in [0.1, 0.15) is 5.52 Å². The van der Waals surface area contributed by atoms with Crippen LogP contribution in [0.3, 0.4) is 0 Å². The lowest BCUT2D eigenvalue weighted by Crippen LogP contribution is -2.37. The molecule has 1 aromatic heterocycles. The Labute approximate surface area is 145 Å². The zero-order valence-electron chi connectivity index (χ0n) is 10.8. The molecule has 0 bridgehead atoms. The molecule has 20 heavy (non-hydrogen) atoms. The molecule has 0 radical (unpaired) electrons.